The van der Waals surface area contributed by atoms with Gasteiger partial charge in [0.15, 0.2) is 0 Å². The van der Waals surface area contributed by atoms with Crippen LogP contribution >= 0.6 is 0 Å². The summed E-state index contributed by atoms with van der Waals surface area (Å²) in [4.78, 5) is 23.7. The highest BCUT2D eigenvalue weighted by Crippen LogP contribution is 2.48. The summed E-state index contributed by atoms with van der Waals surface area (Å²) >= 11 is 0. The smallest absolute Gasteiger partial charge is 0.307 e. The molecule has 5 unspecified atom stereocenters. The second-order valence-corrected chi connectivity index (χ2v) is 5.36. The van der Waals surface area contributed by atoms with Gasteiger partial charge in [0.05, 0.1) is 11.8 Å². The Morgan fingerprint density at radius 2 is 2.05 bits per heavy atom. The zero-order valence-electron chi connectivity index (χ0n) is 11.0. The van der Waals surface area contributed by atoms with Crippen LogP contribution in [0.5, 0.6) is 0 Å². The van der Waals surface area contributed by atoms with Crippen molar-refractivity contribution < 1.29 is 14.7 Å². The molecule has 0 radical (unpaired) electrons. The number of hydrogen-bond donors (Lipinski definition) is 2. The van der Waals surface area contributed by atoms with Gasteiger partial charge >= 0.3 is 5.97 Å². The molecule has 2 bridgehead atoms. The Morgan fingerprint density at radius 1 is 1.42 bits per heavy atom. The van der Waals surface area contributed by atoms with Crippen LogP contribution in [0.1, 0.15) is 26.2 Å². The SMILES string of the molecule is C#CCC(CC)NC(=O)C1C2C=CC(C2)C1C(=O)O. The Bertz CT molecular complexity index is 449. The second-order valence-electron chi connectivity index (χ2n) is 5.36. The number of rotatable bonds is 5. The second kappa shape index (κ2) is 5.48. The molecule has 2 N–H and O–H groups in total. The predicted molar refractivity (Wildman–Crippen MR) is 71.0 cm³/mol. The minimum atomic E-state index is -0.873. The quantitative estimate of drug-likeness (QED) is 0.581. The molecule has 4 heteroatoms. The molecule has 0 saturated heterocycles. The summed E-state index contributed by atoms with van der Waals surface area (Å²) in [6.07, 6.45) is 11.2. The molecule has 2 rings (SSSR count). The van der Waals surface area contributed by atoms with E-state index in [1.165, 1.54) is 0 Å². The lowest BCUT2D eigenvalue weighted by molar-refractivity contribution is -0.148. The Hall–Kier alpha value is -1.76. The van der Waals surface area contributed by atoms with E-state index in [1.54, 1.807) is 0 Å². The van der Waals surface area contributed by atoms with Crippen molar-refractivity contribution in [2.75, 3.05) is 0 Å². The molecule has 1 amide bonds. The highest BCUT2D eigenvalue weighted by atomic mass is 16.4. The zero-order valence-corrected chi connectivity index (χ0v) is 11.0. The number of carboxylic acid groups (broad SMARTS) is 1. The standard InChI is InChI=1S/C15H19NO3/c1-3-5-11(4-2)16-14(17)12-9-6-7-10(8-9)13(12)15(18)19/h1,6-7,9-13H,4-5,8H2,2H3,(H,16,17)(H,18,19). The van der Waals surface area contributed by atoms with E-state index in [0.717, 1.165) is 12.8 Å². The van der Waals surface area contributed by atoms with E-state index in [0.29, 0.717) is 6.42 Å². The van der Waals surface area contributed by atoms with Crippen molar-refractivity contribution >= 4 is 11.9 Å². The summed E-state index contributed by atoms with van der Waals surface area (Å²) in [5.41, 5.74) is 0. The molecular weight excluding hydrogens is 242 g/mol. The van der Waals surface area contributed by atoms with Crippen molar-refractivity contribution in [1.29, 1.82) is 0 Å². The van der Waals surface area contributed by atoms with Crippen LogP contribution in [0.3, 0.4) is 0 Å². The van der Waals surface area contributed by atoms with E-state index < -0.39 is 17.8 Å². The third kappa shape index (κ3) is 2.51. The lowest BCUT2D eigenvalue weighted by Gasteiger charge is -2.26. The van der Waals surface area contributed by atoms with Gasteiger partial charge in [-0.2, -0.15) is 0 Å². The van der Waals surface area contributed by atoms with Gasteiger partial charge in [0, 0.05) is 12.5 Å². The van der Waals surface area contributed by atoms with Gasteiger partial charge in [0.1, 0.15) is 0 Å². The van der Waals surface area contributed by atoms with Crippen molar-refractivity contribution in [2.24, 2.45) is 23.7 Å². The number of fused-ring (bicyclic) bond motifs is 2. The Morgan fingerprint density at radius 3 is 2.58 bits per heavy atom. The maximum atomic E-state index is 12.3. The first kappa shape index (κ1) is 13.7. The lowest BCUT2D eigenvalue weighted by atomic mass is 9.82. The molecule has 19 heavy (non-hydrogen) atoms. The summed E-state index contributed by atoms with van der Waals surface area (Å²) in [6, 6.07) is -0.0601. The third-order valence-corrected chi connectivity index (χ3v) is 4.25. The predicted octanol–water partition coefficient (Wildman–Crippen LogP) is 1.43. The largest absolute Gasteiger partial charge is 0.481 e. The van der Waals surface area contributed by atoms with Crippen LogP contribution in [-0.2, 0) is 9.59 Å². The van der Waals surface area contributed by atoms with E-state index >= 15 is 0 Å². The zero-order chi connectivity index (χ0) is 14.0. The topological polar surface area (TPSA) is 66.4 Å². The molecule has 2 aliphatic rings. The van der Waals surface area contributed by atoms with Crippen molar-refractivity contribution in [1.82, 2.24) is 5.32 Å². The average molecular weight is 261 g/mol. The number of carbonyl (C=O) groups excluding carboxylic acids is 1. The van der Waals surface area contributed by atoms with Crippen LogP contribution in [0.4, 0.5) is 0 Å². The minimum Gasteiger partial charge on any atom is -0.481 e. The molecule has 1 fully saturated rings. The van der Waals surface area contributed by atoms with Gasteiger partial charge < -0.3 is 10.4 Å². The average Bonchev–Trinajstić information content (AvgIpc) is 2.97. The summed E-state index contributed by atoms with van der Waals surface area (Å²) < 4.78 is 0. The van der Waals surface area contributed by atoms with Crippen LogP contribution in [0.15, 0.2) is 12.2 Å². The molecule has 0 heterocycles. The molecule has 2 aliphatic carbocycles. The highest BCUT2D eigenvalue weighted by Gasteiger charge is 2.51. The monoisotopic (exact) mass is 261 g/mol. The number of aliphatic carboxylic acids is 1. The van der Waals surface area contributed by atoms with Crippen molar-refractivity contribution in [3.63, 3.8) is 0 Å². The molecule has 4 nitrogen and oxygen atoms in total. The molecule has 1 saturated carbocycles. The van der Waals surface area contributed by atoms with E-state index in [-0.39, 0.29) is 23.8 Å². The number of amides is 1. The van der Waals surface area contributed by atoms with Crippen LogP contribution in [0.25, 0.3) is 0 Å². The molecule has 0 aliphatic heterocycles. The maximum Gasteiger partial charge on any atom is 0.307 e. The van der Waals surface area contributed by atoms with Crippen LogP contribution in [0, 0.1) is 36.0 Å². The maximum absolute atomic E-state index is 12.3. The van der Waals surface area contributed by atoms with Gasteiger partial charge in [-0.15, -0.1) is 12.3 Å². The van der Waals surface area contributed by atoms with Gasteiger partial charge in [0.2, 0.25) is 5.91 Å². The van der Waals surface area contributed by atoms with Crippen molar-refractivity contribution in [2.45, 2.75) is 32.2 Å². The van der Waals surface area contributed by atoms with Gasteiger partial charge in [0.25, 0.3) is 0 Å². The van der Waals surface area contributed by atoms with Crippen LogP contribution < -0.4 is 5.32 Å². The van der Waals surface area contributed by atoms with E-state index in [1.807, 2.05) is 19.1 Å². The first-order valence-electron chi connectivity index (χ1n) is 6.73. The molecule has 0 aromatic heterocycles. The molecular formula is C15H19NO3. The lowest BCUT2D eigenvalue weighted by Crippen LogP contribution is -2.44. The number of allylic oxidation sites excluding steroid dienone is 2. The fourth-order valence-electron chi connectivity index (χ4n) is 3.25. The van der Waals surface area contributed by atoms with E-state index in [9.17, 15) is 14.7 Å². The molecule has 102 valence electrons. The van der Waals surface area contributed by atoms with Crippen molar-refractivity contribution in [3.8, 4) is 12.3 Å². The highest BCUT2D eigenvalue weighted by molar-refractivity contribution is 5.87. The van der Waals surface area contributed by atoms with Gasteiger partial charge in [-0.05, 0) is 24.7 Å². The van der Waals surface area contributed by atoms with Gasteiger partial charge in [-0.3, -0.25) is 9.59 Å². The summed E-state index contributed by atoms with van der Waals surface area (Å²) in [5.74, 6) is 0.544. The Labute approximate surface area is 113 Å². The first-order chi connectivity index (χ1) is 9.08. The molecule has 0 aromatic rings. The summed E-state index contributed by atoms with van der Waals surface area (Å²) in [5, 5.41) is 12.2. The van der Waals surface area contributed by atoms with E-state index in [2.05, 4.69) is 11.2 Å². The van der Waals surface area contributed by atoms with Gasteiger partial charge in [-0.1, -0.05) is 19.1 Å². The molecule has 0 spiro atoms. The summed E-state index contributed by atoms with van der Waals surface area (Å²) in [7, 11) is 0. The fourth-order valence-corrected chi connectivity index (χ4v) is 3.25. The molecule has 5 atom stereocenters. The Balaban J connectivity index is 2.08. The minimum absolute atomic E-state index is 0.00552. The van der Waals surface area contributed by atoms with Crippen LogP contribution in [-0.4, -0.2) is 23.0 Å². The Kier molecular flexibility index (Phi) is 3.94. The van der Waals surface area contributed by atoms with E-state index in [4.69, 9.17) is 6.42 Å². The normalized spacial score (nSPS) is 32.8. The van der Waals surface area contributed by atoms with Crippen molar-refractivity contribution in [3.05, 3.63) is 12.2 Å². The summed E-state index contributed by atoms with van der Waals surface area (Å²) in [6.45, 7) is 1.96. The fraction of sp³-hybridized carbons (Fsp3) is 0.600. The van der Waals surface area contributed by atoms with Gasteiger partial charge in [-0.25, -0.2) is 0 Å². The first-order valence-corrected chi connectivity index (χ1v) is 6.73. The number of carbonyl (C=O) groups is 2. The number of nitrogens with one attached hydrogen (secondary N) is 1. The number of hydrogen-bond acceptors (Lipinski definition) is 2. The number of carboxylic acids is 1. The number of terminal acetylenes is 1. The molecule has 0 aromatic carbocycles. The third-order valence-electron chi connectivity index (χ3n) is 4.25. The van der Waals surface area contributed by atoms with Crippen LogP contribution in [0.2, 0.25) is 0 Å².